The predicted octanol–water partition coefficient (Wildman–Crippen LogP) is 3.82. The van der Waals surface area contributed by atoms with E-state index < -0.39 is 29.8 Å². The Morgan fingerprint density at radius 3 is 2.02 bits per heavy atom. The van der Waals surface area contributed by atoms with Crippen LogP contribution < -0.4 is 20.4 Å². The lowest BCUT2D eigenvalue weighted by Crippen LogP contribution is -2.53. The molecule has 0 bridgehead atoms. The zero-order chi connectivity index (χ0) is 29.6. The van der Waals surface area contributed by atoms with Crippen LogP contribution in [0.4, 0.5) is 5.82 Å². The number of rotatable bonds is 12. The van der Waals surface area contributed by atoms with E-state index in [1.165, 1.54) is 24.1 Å². The molecule has 1 aliphatic rings. The van der Waals surface area contributed by atoms with Crippen LogP contribution in [0.2, 0.25) is 0 Å². The van der Waals surface area contributed by atoms with E-state index in [1.54, 1.807) is 72.8 Å². The lowest BCUT2D eigenvalue weighted by molar-refractivity contribution is -0.331. The number of Topliss-reactive ketones (excluding diaryl/α,β-unsaturated/α-hetero) is 1. The Morgan fingerprint density at radius 1 is 0.837 bits per heavy atom. The number of aromatic nitrogens is 4. The van der Waals surface area contributed by atoms with Gasteiger partial charge in [0.15, 0.2) is 46.7 Å². The van der Waals surface area contributed by atoms with E-state index in [9.17, 15) is 4.79 Å². The van der Waals surface area contributed by atoms with Crippen molar-refractivity contribution in [1.82, 2.24) is 19.5 Å². The molecule has 3 aromatic carbocycles. The molecule has 0 amide bonds. The molecule has 0 saturated carbocycles. The Morgan fingerprint density at radius 2 is 1.42 bits per heavy atom. The predicted molar refractivity (Wildman–Crippen MR) is 150 cm³/mol. The highest BCUT2D eigenvalue weighted by atomic mass is 17.2. The van der Waals surface area contributed by atoms with Crippen LogP contribution in [0.5, 0.6) is 17.2 Å². The quantitative estimate of drug-likeness (QED) is 0.167. The summed E-state index contributed by atoms with van der Waals surface area (Å²) in [4.78, 5) is 60.7. The first kappa shape index (κ1) is 28.1. The third-order valence-corrected chi connectivity index (χ3v) is 6.73. The van der Waals surface area contributed by atoms with E-state index in [0.29, 0.717) is 17.2 Å². The maximum atomic E-state index is 13.7. The van der Waals surface area contributed by atoms with Gasteiger partial charge in [-0.2, -0.15) is 14.7 Å². The van der Waals surface area contributed by atoms with Crippen molar-refractivity contribution in [1.29, 1.82) is 0 Å². The summed E-state index contributed by atoms with van der Waals surface area (Å²) in [5.74, 6) is 0.876. The molecule has 0 radical (unpaired) electrons. The number of ketones is 1. The third kappa shape index (κ3) is 5.69. The minimum Gasteiger partial charge on any atom is -0.382 e. The van der Waals surface area contributed by atoms with Crippen LogP contribution in [0.25, 0.3) is 11.2 Å². The first-order valence-corrected chi connectivity index (χ1v) is 13.3. The second-order valence-corrected chi connectivity index (χ2v) is 9.51. The SMILES string of the molecule is CC(=O)[C@@]1(n2cnc3c(N)ncnc32)O[C@H](COOc2ccccc2)[C@@H](OOc2ccccc2)[C@H]1OOc1ccccc1. The van der Waals surface area contributed by atoms with Crippen molar-refractivity contribution in [3.8, 4) is 17.2 Å². The molecule has 13 heteroatoms. The topological polar surface area (TPSA) is 151 Å². The Balaban J connectivity index is 1.40. The zero-order valence-electron chi connectivity index (χ0n) is 22.9. The zero-order valence-corrected chi connectivity index (χ0v) is 22.9. The summed E-state index contributed by atoms with van der Waals surface area (Å²) in [6, 6.07) is 26.5. The maximum absolute atomic E-state index is 13.7. The van der Waals surface area contributed by atoms with Crippen molar-refractivity contribution in [2.75, 3.05) is 12.3 Å². The third-order valence-electron chi connectivity index (χ3n) is 6.73. The lowest BCUT2D eigenvalue weighted by atomic mass is 9.98. The Bertz CT molecular complexity index is 1660. The Kier molecular flexibility index (Phi) is 8.11. The van der Waals surface area contributed by atoms with Crippen LogP contribution in [-0.4, -0.2) is 50.2 Å². The molecule has 5 aromatic rings. The number of para-hydroxylation sites is 3. The van der Waals surface area contributed by atoms with Crippen LogP contribution in [0.1, 0.15) is 6.92 Å². The summed E-state index contributed by atoms with van der Waals surface area (Å²) in [6.45, 7) is 1.13. The lowest BCUT2D eigenvalue weighted by Gasteiger charge is -2.32. The van der Waals surface area contributed by atoms with Gasteiger partial charge in [-0.3, -0.25) is 9.36 Å². The van der Waals surface area contributed by atoms with E-state index >= 15 is 0 Å². The molecule has 2 N–H and O–H groups in total. The molecule has 6 rings (SSSR count). The highest BCUT2D eigenvalue weighted by molar-refractivity contribution is 5.88. The number of ether oxygens (including phenoxy) is 1. The molecule has 3 heterocycles. The summed E-state index contributed by atoms with van der Waals surface area (Å²) >= 11 is 0. The van der Waals surface area contributed by atoms with Crippen molar-refractivity contribution >= 4 is 22.8 Å². The van der Waals surface area contributed by atoms with Crippen LogP contribution in [0.3, 0.4) is 0 Å². The van der Waals surface area contributed by atoms with Gasteiger partial charge < -0.3 is 25.1 Å². The van der Waals surface area contributed by atoms with E-state index in [2.05, 4.69) is 15.0 Å². The Hall–Kier alpha value is -5.08. The van der Waals surface area contributed by atoms with Crippen LogP contribution in [0, 0.1) is 0 Å². The van der Waals surface area contributed by atoms with Gasteiger partial charge in [0.2, 0.25) is 5.72 Å². The van der Waals surface area contributed by atoms with E-state index in [1.807, 2.05) is 18.2 Å². The van der Waals surface area contributed by atoms with Gasteiger partial charge in [0.05, 0.1) is 0 Å². The molecule has 220 valence electrons. The molecule has 0 spiro atoms. The molecule has 13 nitrogen and oxygen atoms in total. The minimum atomic E-state index is -1.93. The molecule has 1 saturated heterocycles. The molecular formula is C30H27N5O8. The number of imidazole rings is 1. The number of nitrogens with two attached hydrogens (primary N) is 1. The van der Waals surface area contributed by atoms with E-state index in [0.717, 1.165) is 0 Å². The van der Waals surface area contributed by atoms with Gasteiger partial charge in [-0.25, -0.2) is 15.0 Å². The first-order valence-electron chi connectivity index (χ1n) is 13.3. The highest BCUT2D eigenvalue weighted by Crippen LogP contribution is 2.42. The van der Waals surface area contributed by atoms with Crippen LogP contribution in [0.15, 0.2) is 104 Å². The van der Waals surface area contributed by atoms with Gasteiger partial charge in [-0.05, 0) is 43.3 Å². The number of fused-ring (bicyclic) bond motifs is 1. The summed E-state index contributed by atoms with van der Waals surface area (Å²) < 4.78 is 7.92. The fraction of sp³-hybridized carbons (Fsp3) is 0.200. The van der Waals surface area contributed by atoms with E-state index in [-0.39, 0.29) is 23.6 Å². The number of carbonyl (C=O) groups excluding carboxylic acids is 1. The van der Waals surface area contributed by atoms with Gasteiger partial charge >= 0.3 is 0 Å². The summed E-state index contributed by atoms with van der Waals surface area (Å²) in [6.07, 6.45) is -0.793. The Labute approximate surface area is 245 Å². The fourth-order valence-corrected chi connectivity index (χ4v) is 4.70. The van der Waals surface area contributed by atoms with Crippen molar-refractivity contribution in [2.24, 2.45) is 0 Å². The highest BCUT2D eigenvalue weighted by Gasteiger charge is 2.64. The minimum absolute atomic E-state index is 0.120. The van der Waals surface area contributed by atoms with Gasteiger partial charge in [-0.1, -0.05) is 54.6 Å². The number of carbonyl (C=O) groups is 1. The maximum Gasteiger partial charge on any atom is 0.241 e. The molecule has 0 aliphatic carbocycles. The smallest absolute Gasteiger partial charge is 0.241 e. The molecule has 1 aliphatic heterocycles. The number of nitrogens with zero attached hydrogens (tertiary/aromatic N) is 4. The van der Waals surface area contributed by atoms with Gasteiger partial charge in [0, 0.05) is 0 Å². The summed E-state index contributed by atoms with van der Waals surface area (Å²) in [5.41, 5.74) is 4.61. The number of hydrogen-bond acceptors (Lipinski definition) is 12. The number of anilines is 1. The van der Waals surface area contributed by atoms with Gasteiger partial charge in [0.1, 0.15) is 30.9 Å². The van der Waals surface area contributed by atoms with Crippen molar-refractivity contribution in [3.05, 3.63) is 104 Å². The van der Waals surface area contributed by atoms with Gasteiger partial charge in [0.25, 0.3) is 0 Å². The van der Waals surface area contributed by atoms with Crippen molar-refractivity contribution in [3.63, 3.8) is 0 Å². The number of nitrogen functional groups attached to an aromatic ring is 1. The van der Waals surface area contributed by atoms with Crippen LogP contribution in [-0.2, 0) is 29.9 Å². The van der Waals surface area contributed by atoms with Crippen molar-refractivity contribution < 1.29 is 38.9 Å². The normalized spacial score (nSPS) is 21.5. The van der Waals surface area contributed by atoms with Crippen LogP contribution >= 0.6 is 0 Å². The average Bonchev–Trinajstić information content (AvgIpc) is 3.61. The molecule has 4 atom stereocenters. The number of hydrogen-bond donors (Lipinski definition) is 1. The molecule has 0 unspecified atom stereocenters. The second-order valence-electron chi connectivity index (χ2n) is 9.51. The molecule has 1 fully saturated rings. The number of benzene rings is 3. The average molecular weight is 586 g/mol. The monoisotopic (exact) mass is 585 g/mol. The molecule has 2 aromatic heterocycles. The summed E-state index contributed by atoms with van der Waals surface area (Å²) in [5, 5.41) is 0. The van der Waals surface area contributed by atoms with Crippen molar-refractivity contribution in [2.45, 2.75) is 31.0 Å². The fourth-order valence-electron chi connectivity index (χ4n) is 4.70. The second kappa shape index (κ2) is 12.4. The standard InChI is InChI=1S/C30H27N5O8/c1-20(36)30(35-19-34-25-28(31)32-18-33-29(25)35)27(43-41-23-15-9-4-10-16-23)26(42-40-22-13-7-3-8-14-22)24(38-30)17-37-39-21-11-5-2-6-12-21/h2-16,18-19,24,26-27H,17H2,1H3,(H2,31,32,33)/t24-,26-,27-,30-/m1/s1. The van der Waals surface area contributed by atoms with Gasteiger partial charge in [-0.15, -0.1) is 0 Å². The molecule has 43 heavy (non-hydrogen) atoms. The molecular weight excluding hydrogens is 558 g/mol. The first-order chi connectivity index (χ1) is 21.1. The van der Waals surface area contributed by atoms with E-state index in [4.69, 9.17) is 39.8 Å². The summed E-state index contributed by atoms with van der Waals surface area (Å²) in [7, 11) is 0. The largest absolute Gasteiger partial charge is 0.382 e.